The van der Waals surface area contributed by atoms with Gasteiger partial charge in [-0.3, -0.25) is 0 Å². The molecule has 1 aliphatic rings. The van der Waals surface area contributed by atoms with Gasteiger partial charge in [0.2, 0.25) is 0 Å². The number of aryl methyl sites for hydroxylation is 1. The first-order valence-corrected chi connectivity index (χ1v) is 4.80. The van der Waals surface area contributed by atoms with E-state index in [0.717, 1.165) is 12.1 Å². The fraction of sp³-hybridized carbons (Fsp3) is 0.455. The van der Waals surface area contributed by atoms with Crippen LogP contribution in [0.25, 0.3) is 0 Å². The maximum Gasteiger partial charge on any atom is 0.118 e. The van der Waals surface area contributed by atoms with Gasteiger partial charge in [-0.05, 0) is 43.5 Å². The van der Waals surface area contributed by atoms with E-state index in [1.165, 1.54) is 18.4 Å². The Bertz CT molecular complexity index is 308. The first kappa shape index (κ1) is 11.3. The zero-order chi connectivity index (χ0) is 9.26. The fourth-order valence-corrected chi connectivity index (χ4v) is 1.86. The van der Waals surface area contributed by atoms with Crippen LogP contribution in [-0.4, -0.2) is 11.7 Å². The minimum atomic E-state index is 0. The van der Waals surface area contributed by atoms with Gasteiger partial charge in [-0.15, -0.1) is 12.4 Å². The Morgan fingerprint density at radius 3 is 2.79 bits per heavy atom. The second kappa shape index (κ2) is 4.67. The van der Waals surface area contributed by atoms with Gasteiger partial charge in [-0.25, -0.2) is 0 Å². The molecule has 0 bridgehead atoms. The van der Waals surface area contributed by atoms with Crippen molar-refractivity contribution in [2.75, 3.05) is 6.54 Å². The molecule has 14 heavy (non-hydrogen) atoms. The number of hydrogen-bond acceptors (Lipinski definition) is 2. The van der Waals surface area contributed by atoms with E-state index in [9.17, 15) is 5.11 Å². The van der Waals surface area contributed by atoms with Crippen LogP contribution in [0, 0.1) is 6.92 Å². The van der Waals surface area contributed by atoms with Crippen molar-refractivity contribution in [3.05, 3.63) is 29.3 Å². The van der Waals surface area contributed by atoms with E-state index in [-0.39, 0.29) is 12.4 Å². The van der Waals surface area contributed by atoms with Gasteiger partial charge in [0.25, 0.3) is 0 Å². The van der Waals surface area contributed by atoms with Crippen LogP contribution in [0.5, 0.6) is 5.75 Å². The van der Waals surface area contributed by atoms with Crippen LogP contribution in [0.3, 0.4) is 0 Å². The largest absolute Gasteiger partial charge is 0.508 e. The van der Waals surface area contributed by atoms with Gasteiger partial charge in [0, 0.05) is 6.04 Å². The molecule has 0 amide bonds. The number of rotatable bonds is 1. The fourth-order valence-electron chi connectivity index (χ4n) is 1.86. The molecule has 0 unspecified atom stereocenters. The number of halogens is 1. The molecule has 78 valence electrons. The summed E-state index contributed by atoms with van der Waals surface area (Å²) in [7, 11) is 0. The van der Waals surface area contributed by atoms with Crippen molar-refractivity contribution in [2.45, 2.75) is 25.8 Å². The minimum absolute atomic E-state index is 0. The quantitative estimate of drug-likeness (QED) is 0.752. The lowest BCUT2D eigenvalue weighted by molar-refractivity contribution is 0.470. The monoisotopic (exact) mass is 213 g/mol. The average molecular weight is 214 g/mol. The highest BCUT2D eigenvalue weighted by atomic mass is 35.5. The number of hydrogen-bond donors (Lipinski definition) is 2. The molecule has 1 saturated heterocycles. The zero-order valence-electron chi connectivity index (χ0n) is 8.29. The summed E-state index contributed by atoms with van der Waals surface area (Å²) in [5.74, 6) is 0.391. The highest BCUT2D eigenvalue weighted by molar-refractivity contribution is 5.85. The maximum absolute atomic E-state index is 9.37. The maximum atomic E-state index is 9.37. The SMILES string of the molecule is Cc1cc([C@H]2CCCN2)ccc1O.Cl. The van der Waals surface area contributed by atoms with Crippen molar-refractivity contribution < 1.29 is 5.11 Å². The molecule has 2 N–H and O–H groups in total. The molecule has 2 nitrogen and oxygen atoms in total. The Labute approximate surface area is 90.7 Å². The Hall–Kier alpha value is -0.730. The molecule has 0 radical (unpaired) electrons. The highest BCUT2D eigenvalue weighted by Crippen LogP contribution is 2.26. The number of benzene rings is 1. The first-order chi connectivity index (χ1) is 6.27. The summed E-state index contributed by atoms with van der Waals surface area (Å²) in [5.41, 5.74) is 2.26. The molecule has 1 atom stereocenters. The summed E-state index contributed by atoms with van der Waals surface area (Å²) in [6, 6.07) is 6.35. The molecule has 1 aromatic rings. The van der Waals surface area contributed by atoms with Crippen LogP contribution in [0.1, 0.15) is 30.0 Å². The van der Waals surface area contributed by atoms with E-state index >= 15 is 0 Å². The minimum Gasteiger partial charge on any atom is -0.508 e. The van der Waals surface area contributed by atoms with Crippen molar-refractivity contribution in [2.24, 2.45) is 0 Å². The van der Waals surface area contributed by atoms with Crippen LogP contribution in [0.15, 0.2) is 18.2 Å². The molecule has 0 spiro atoms. The third-order valence-electron chi connectivity index (χ3n) is 2.68. The zero-order valence-corrected chi connectivity index (χ0v) is 9.10. The molecule has 1 fully saturated rings. The Morgan fingerprint density at radius 2 is 2.21 bits per heavy atom. The van der Waals surface area contributed by atoms with Crippen LogP contribution >= 0.6 is 12.4 Å². The molecular weight excluding hydrogens is 198 g/mol. The number of aromatic hydroxyl groups is 1. The Kier molecular flexibility index (Phi) is 3.78. The lowest BCUT2D eigenvalue weighted by Gasteiger charge is -2.11. The third-order valence-corrected chi connectivity index (χ3v) is 2.68. The van der Waals surface area contributed by atoms with E-state index in [1.807, 2.05) is 13.0 Å². The topological polar surface area (TPSA) is 32.3 Å². The number of phenolic OH excluding ortho intramolecular Hbond substituents is 1. The average Bonchev–Trinajstić information content (AvgIpc) is 2.62. The molecule has 3 heteroatoms. The summed E-state index contributed by atoms with van der Waals surface area (Å²) < 4.78 is 0. The van der Waals surface area contributed by atoms with E-state index in [1.54, 1.807) is 6.07 Å². The summed E-state index contributed by atoms with van der Waals surface area (Å²) in [6.07, 6.45) is 2.47. The van der Waals surface area contributed by atoms with Gasteiger partial charge in [-0.2, -0.15) is 0 Å². The van der Waals surface area contributed by atoms with Gasteiger partial charge in [0.1, 0.15) is 5.75 Å². The molecule has 1 aromatic carbocycles. The molecule has 0 saturated carbocycles. The first-order valence-electron chi connectivity index (χ1n) is 4.80. The van der Waals surface area contributed by atoms with E-state index in [2.05, 4.69) is 11.4 Å². The van der Waals surface area contributed by atoms with Gasteiger partial charge >= 0.3 is 0 Å². The Morgan fingerprint density at radius 1 is 1.43 bits per heavy atom. The van der Waals surface area contributed by atoms with Gasteiger partial charge in [0.15, 0.2) is 0 Å². The van der Waals surface area contributed by atoms with E-state index < -0.39 is 0 Å². The van der Waals surface area contributed by atoms with Gasteiger partial charge < -0.3 is 10.4 Å². The van der Waals surface area contributed by atoms with E-state index in [0.29, 0.717) is 11.8 Å². The van der Waals surface area contributed by atoms with Crippen molar-refractivity contribution in [3.8, 4) is 5.75 Å². The smallest absolute Gasteiger partial charge is 0.118 e. The summed E-state index contributed by atoms with van der Waals surface area (Å²) in [6.45, 7) is 3.05. The summed E-state index contributed by atoms with van der Waals surface area (Å²) in [5, 5.41) is 12.8. The number of phenols is 1. The van der Waals surface area contributed by atoms with Crippen molar-refractivity contribution in [3.63, 3.8) is 0 Å². The van der Waals surface area contributed by atoms with Crippen LogP contribution in [0.4, 0.5) is 0 Å². The summed E-state index contributed by atoms with van der Waals surface area (Å²) in [4.78, 5) is 0. The molecule has 1 heterocycles. The van der Waals surface area contributed by atoms with Crippen molar-refractivity contribution in [1.29, 1.82) is 0 Å². The normalized spacial score (nSPS) is 20.5. The summed E-state index contributed by atoms with van der Waals surface area (Å²) >= 11 is 0. The van der Waals surface area contributed by atoms with Crippen LogP contribution < -0.4 is 5.32 Å². The lowest BCUT2D eigenvalue weighted by atomic mass is 10.0. The van der Waals surface area contributed by atoms with E-state index in [4.69, 9.17) is 0 Å². The van der Waals surface area contributed by atoms with Gasteiger partial charge in [-0.1, -0.05) is 12.1 Å². The predicted molar refractivity (Wildman–Crippen MR) is 60.1 cm³/mol. The standard InChI is InChI=1S/C11H15NO.ClH/c1-8-7-9(4-5-11(8)13)10-3-2-6-12-10;/h4-5,7,10,12-13H,2-3,6H2,1H3;1H/t10-;/m1./s1. The van der Waals surface area contributed by atoms with Crippen LogP contribution in [0.2, 0.25) is 0 Å². The molecule has 0 aromatic heterocycles. The third kappa shape index (κ3) is 2.20. The number of nitrogens with one attached hydrogen (secondary N) is 1. The molecular formula is C11H16ClNO. The van der Waals surface area contributed by atoms with Crippen molar-refractivity contribution >= 4 is 12.4 Å². The second-order valence-corrected chi connectivity index (χ2v) is 3.69. The van der Waals surface area contributed by atoms with Gasteiger partial charge in [0.05, 0.1) is 0 Å². The second-order valence-electron chi connectivity index (χ2n) is 3.69. The predicted octanol–water partition coefficient (Wildman–Crippen LogP) is 2.55. The van der Waals surface area contributed by atoms with Crippen molar-refractivity contribution in [1.82, 2.24) is 5.32 Å². The molecule has 0 aliphatic carbocycles. The Balaban J connectivity index is 0.000000980. The molecule has 2 rings (SSSR count). The van der Waals surface area contributed by atoms with Crippen LogP contribution in [-0.2, 0) is 0 Å². The highest BCUT2D eigenvalue weighted by Gasteiger charge is 2.16. The lowest BCUT2D eigenvalue weighted by Crippen LogP contribution is -2.12. The molecule has 1 aliphatic heterocycles.